The lowest BCUT2D eigenvalue weighted by Crippen LogP contribution is -2.14. The highest BCUT2D eigenvalue weighted by molar-refractivity contribution is 7.71. The number of aromatic nitrogens is 1. The molecule has 0 aliphatic carbocycles. The minimum absolute atomic E-state index is 0.0366. The molecule has 1 heterocycles. The third kappa shape index (κ3) is 2.74. The molecule has 2 nitrogen and oxygen atoms in total. The number of hydrogen-bond donors (Lipinski definition) is 1. The van der Waals surface area contributed by atoms with Crippen molar-refractivity contribution in [2.24, 2.45) is 0 Å². The van der Waals surface area contributed by atoms with Crippen molar-refractivity contribution < 1.29 is 0 Å². The Bertz CT molecular complexity index is 685. The van der Waals surface area contributed by atoms with Crippen molar-refractivity contribution in [2.75, 3.05) is 0 Å². The fourth-order valence-electron chi connectivity index (χ4n) is 1.92. The highest BCUT2D eigenvalue weighted by Gasteiger charge is 2.18. The van der Waals surface area contributed by atoms with Gasteiger partial charge in [0.15, 0.2) is 0 Å². The number of nitrogens with zero attached hydrogens (tertiary/aromatic N) is 1. The Kier molecular flexibility index (Phi) is 3.55. The van der Waals surface area contributed by atoms with Gasteiger partial charge in [-0.3, -0.25) is 0 Å². The van der Waals surface area contributed by atoms with E-state index >= 15 is 0 Å². The molecule has 2 aromatic rings. The molecule has 96 valence electrons. The van der Waals surface area contributed by atoms with Gasteiger partial charge in [-0.05, 0) is 11.6 Å². The van der Waals surface area contributed by atoms with Gasteiger partial charge < -0.3 is 4.98 Å². The van der Waals surface area contributed by atoms with Gasteiger partial charge in [0.2, 0.25) is 0 Å². The molecule has 0 fully saturated rings. The van der Waals surface area contributed by atoms with Gasteiger partial charge in [-0.15, -0.1) is 0 Å². The summed E-state index contributed by atoms with van der Waals surface area (Å²) in [5.41, 5.74) is 3.46. The van der Waals surface area contributed by atoms with Crippen LogP contribution in [-0.4, -0.2) is 4.98 Å². The van der Waals surface area contributed by atoms with Crippen molar-refractivity contribution in [1.29, 1.82) is 5.26 Å². The Labute approximate surface area is 118 Å². The van der Waals surface area contributed by atoms with Gasteiger partial charge in [-0.25, -0.2) is 0 Å². The van der Waals surface area contributed by atoms with E-state index in [0.29, 0.717) is 10.2 Å². The molecule has 0 unspecified atom stereocenters. The molecule has 3 heteroatoms. The van der Waals surface area contributed by atoms with E-state index in [9.17, 15) is 5.26 Å². The number of pyridine rings is 1. The monoisotopic (exact) mass is 268 g/mol. The zero-order valence-corrected chi connectivity index (χ0v) is 12.1. The smallest absolute Gasteiger partial charge is 0.122 e. The van der Waals surface area contributed by atoms with Crippen LogP contribution in [0.25, 0.3) is 11.1 Å². The fraction of sp³-hybridized carbons (Fsp3) is 0.250. The van der Waals surface area contributed by atoms with Crippen LogP contribution in [0.4, 0.5) is 0 Å². The summed E-state index contributed by atoms with van der Waals surface area (Å²) in [6.45, 7) is 6.36. The van der Waals surface area contributed by atoms with Gasteiger partial charge in [0.25, 0.3) is 0 Å². The molecule has 1 aromatic carbocycles. The van der Waals surface area contributed by atoms with Crippen molar-refractivity contribution in [1.82, 2.24) is 4.98 Å². The predicted molar refractivity (Wildman–Crippen MR) is 80.5 cm³/mol. The number of nitriles is 1. The summed E-state index contributed by atoms with van der Waals surface area (Å²) >= 11 is 5.32. The van der Waals surface area contributed by atoms with Crippen LogP contribution in [-0.2, 0) is 5.41 Å². The van der Waals surface area contributed by atoms with Crippen LogP contribution in [0.15, 0.2) is 36.4 Å². The number of nitrogens with one attached hydrogen (secondary N) is 1. The highest BCUT2D eigenvalue weighted by atomic mass is 32.1. The summed E-state index contributed by atoms with van der Waals surface area (Å²) in [4.78, 5) is 3.17. The lowest BCUT2D eigenvalue weighted by Gasteiger charge is -2.20. The van der Waals surface area contributed by atoms with E-state index in [1.54, 1.807) is 0 Å². The molecule has 0 aliphatic heterocycles. The number of rotatable bonds is 1. The first-order valence-electron chi connectivity index (χ1n) is 6.17. The summed E-state index contributed by atoms with van der Waals surface area (Å²) in [5, 5.41) is 9.32. The summed E-state index contributed by atoms with van der Waals surface area (Å²) in [7, 11) is 0. The van der Waals surface area contributed by atoms with Crippen molar-refractivity contribution in [3.63, 3.8) is 0 Å². The maximum absolute atomic E-state index is 9.32. The van der Waals surface area contributed by atoms with E-state index in [4.69, 9.17) is 12.2 Å². The van der Waals surface area contributed by atoms with E-state index in [-0.39, 0.29) is 5.41 Å². The van der Waals surface area contributed by atoms with Crippen LogP contribution in [0.1, 0.15) is 32.0 Å². The van der Waals surface area contributed by atoms with Gasteiger partial charge in [0.1, 0.15) is 10.7 Å². The van der Waals surface area contributed by atoms with E-state index in [2.05, 4.69) is 31.8 Å². The van der Waals surface area contributed by atoms with Crippen molar-refractivity contribution in [3.8, 4) is 17.2 Å². The van der Waals surface area contributed by atoms with E-state index in [1.165, 1.54) is 0 Å². The predicted octanol–water partition coefficient (Wildman–Crippen LogP) is 4.58. The van der Waals surface area contributed by atoms with Crippen LogP contribution in [0.3, 0.4) is 0 Å². The summed E-state index contributed by atoms with van der Waals surface area (Å²) in [5.74, 6) is 0. The molecule has 0 spiro atoms. The first-order valence-corrected chi connectivity index (χ1v) is 6.57. The van der Waals surface area contributed by atoms with Crippen molar-refractivity contribution in [3.05, 3.63) is 52.3 Å². The van der Waals surface area contributed by atoms with Gasteiger partial charge >= 0.3 is 0 Å². The number of benzene rings is 1. The van der Waals surface area contributed by atoms with Crippen LogP contribution < -0.4 is 0 Å². The average Bonchev–Trinajstić information content (AvgIpc) is 2.37. The molecule has 19 heavy (non-hydrogen) atoms. The summed E-state index contributed by atoms with van der Waals surface area (Å²) in [6, 6.07) is 14.1. The van der Waals surface area contributed by atoms with Gasteiger partial charge in [-0.2, -0.15) is 5.26 Å². The Balaban J connectivity index is 2.76. The minimum atomic E-state index is -0.0366. The molecule has 2 rings (SSSR count). The Morgan fingerprint density at radius 3 is 2.32 bits per heavy atom. The molecule has 0 amide bonds. The van der Waals surface area contributed by atoms with Gasteiger partial charge in [-0.1, -0.05) is 63.3 Å². The van der Waals surface area contributed by atoms with Gasteiger partial charge in [0, 0.05) is 16.7 Å². The second-order valence-electron chi connectivity index (χ2n) is 5.53. The molecular weight excluding hydrogens is 252 g/mol. The second kappa shape index (κ2) is 4.99. The molecule has 0 saturated carbocycles. The SMILES string of the molecule is CC(C)(C)c1cc(-c2ccccc2)c(C#N)c(=S)[nH]1. The van der Waals surface area contributed by atoms with Gasteiger partial charge in [0.05, 0.1) is 5.56 Å². The topological polar surface area (TPSA) is 39.6 Å². The summed E-state index contributed by atoms with van der Waals surface area (Å²) in [6.07, 6.45) is 0. The normalized spacial score (nSPS) is 11.1. The Morgan fingerprint density at radius 1 is 1.16 bits per heavy atom. The zero-order valence-electron chi connectivity index (χ0n) is 11.3. The average molecular weight is 268 g/mol. The maximum Gasteiger partial charge on any atom is 0.122 e. The summed E-state index contributed by atoms with van der Waals surface area (Å²) < 4.78 is 0.508. The Morgan fingerprint density at radius 2 is 1.79 bits per heavy atom. The molecular formula is C16H16N2S. The van der Waals surface area contributed by atoms with E-state index < -0.39 is 0 Å². The molecule has 0 saturated heterocycles. The van der Waals surface area contributed by atoms with Crippen LogP contribution in [0, 0.1) is 16.0 Å². The molecule has 0 radical (unpaired) electrons. The van der Waals surface area contributed by atoms with Crippen LogP contribution >= 0.6 is 12.2 Å². The molecule has 0 atom stereocenters. The molecule has 0 aliphatic rings. The second-order valence-corrected chi connectivity index (χ2v) is 5.94. The zero-order chi connectivity index (χ0) is 14.0. The number of hydrogen-bond acceptors (Lipinski definition) is 2. The van der Waals surface area contributed by atoms with Crippen LogP contribution in [0.2, 0.25) is 0 Å². The molecule has 1 N–H and O–H groups in total. The largest absolute Gasteiger partial charge is 0.348 e. The first kappa shape index (κ1) is 13.5. The lowest BCUT2D eigenvalue weighted by molar-refractivity contribution is 0.568. The quantitative estimate of drug-likeness (QED) is 0.769. The lowest BCUT2D eigenvalue weighted by atomic mass is 9.89. The maximum atomic E-state index is 9.32. The third-order valence-corrected chi connectivity index (χ3v) is 3.34. The van der Waals surface area contributed by atoms with Crippen LogP contribution in [0.5, 0.6) is 0 Å². The highest BCUT2D eigenvalue weighted by Crippen LogP contribution is 2.29. The number of aromatic amines is 1. The standard InChI is InChI=1S/C16H16N2S/c1-16(2,3)14-9-12(11-7-5-4-6-8-11)13(10-17)15(19)18-14/h4-9H,1-3H3,(H,18,19). The third-order valence-electron chi connectivity index (χ3n) is 3.04. The van der Waals surface area contributed by atoms with E-state index in [1.807, 2.05) is 36.4 Å². The fourth-order valence-corrected chi connectivity index (χ4v) is 2.19. The molecule has 1 aromatic heterocycles. The van der Waals surface area contributed by atoms with Crippen molar-refractivity contribution in [2.45, 2.75) is 26.2 Å². The number of H-pyrrole nitrogens is 1. The van der Waals surface area contributed by atoms with Crippen molar-refractivity contribution >= 4 is 12.2 Å². The first-order chi connectivity index (χ1) is 8.93. The minimum Gasteiger partial charge on any atom is -0.348 e. The van der Waals surface area contributed by atoms with E-state index in [0.717, 1.165) is 16.8 Å². The Hall–Kier alpha value is -1.92. The molecule has 0 bridgehead atoms.